The molecule has 1 aliphatic heterocycles. The second-order valence-corrected chi connectivity index (χ2v) is 12.3. The molecule has 1 fully saturated rings. The van der Waals surface area contributed by atoms with Gasteiger partial charge in [-0.1, -0.05) is 44.2 Å². The van der Waals surface area contributed by atoms with Crippen molar-refractivity contribution in [2.45, 2.75) is 96.0 Å². The summed E-state index contributed by atoms with van der Waals surface area (Å²) in [6, 6.07) is 4.52. The molecule has 0 bridgehead atoms. The minimum Gasteiger partial charge on any atom is -0.448 e. The Morgan fingerprint density at radius 3 is 2.09 bits per heavy atom. The summed E-state index contributed by atoms with van der Waals surface area (Å²) in [4.78, 5) is 77.2. The van der Waals surface area contributed by atoms with Gasteiger partial charge in [0.05, 0.1) is 18.6 Å². The minimum atomic E-state index is -1.46. The van der Waals surface area contributed by atoms with Crippen LogP contribution >= 0.6 is 0 Å². The molecular weight excluding hydrogens is 597 g/mol. The molecular formula is C30H48BN7O8. The van der Waals surface area contributed by atoms with E-state index in [0.29, 0.717) is 13.0 Å². The number of aliphatic hydroxyl groups excluding tert-OH is 1. The molecule has 0 aliphatic carbocycles. The number of likely N-dealkylation sites (tertiary alicyclic amines) is 1. The Hall–Kier alpha value is -4.02. The number of nitrogens with two attached hydrogens (primary N) is 2. The molecule has 1 saturated heterocycles. The van der Waals surface area contributed by atoms with Crippen molar-refractivity contribution in [3.05, 3.63) is 35.9 Å². The summed E-state index contributed by atoms with van der Waals surface area (Å²) in [5.41, 5.74) is 11.8. The second-order valence-electron chi connectivity index (χ2n) is 12.3. The van der Waals surface area contributed by atoms with Crippen LogP contribution in [0.1, 0.15) is 58.9 Å². The SMILES string of the molecule is CC(=O)N[C@H](C(=O)N[C@@H](CC(C)C)C(=O)N[C@@H](CC(N)=O)C(=O)N[C@@H](Cc1ccccc1)B(O)CN1CCC[C@H]1C(N)=O)C(C)O. The first kappa shape index (κ1) is 38.2. The van der Waals surface area contributed by atoms with Crippen molar-refractivity contribution in [1.29, 1.82) is 0 Å². The van der Waals surface area contributed by atoms with Gasteiger partial charge in [-0.05, 0) is 50.6 Å². The molecule has 16 heteroatoms. The summed E-state index contributed by atoms with van der Waals surface area (Å²) in [5.74, 6) is -5.36. The van der Waals surface area contributed by atoms with Crippen LogP contribution < -0.4 is 32.7 Å². The van der Waals surface area contributed by atoms with E-state index >= 15 is 0 Å². The maximum atomic E-state index is 13.6. The summed E-state index contributed by atoms with van der Waals surface area (Å²) < 4.78 is 0. The van der Waals surface area contributed by atoms with Crippen molar-refractivity contribution in [2.24, 2.45) is 17.4 Å². The van der Waals surface area contributed by atoms with E-state index < -0.39 is 85.0 Å². The highest BCUT2D eigenvalue weighted by molar-refractivity contribution is 6.53. The Kier molecular flexibility index (Phi) is 15.1. The van der Waals surface area contributed by atoms with Crippen LogP contribution in [-0.4, -0.2) is 107 Å². The predicted molar refractivity (Wildman–Crippen MR) is 170 cm³/mol. The van der Waals surface area contributed by atoms with Gasteiger partial charge in [-0.25, -0.2) is 0 Å². The number of hydrogen-bond acceptors (Lipinski definition) is 9. The number of nitrogens with one attached hydrogen (secondary N) is 4. The number of hydrogen-bond donors (Lipinski definition) is 8. The van der Waals surface area contributed by atoms with Crippen LogP contribution in [0.2, 0.25) is 0 Å². The Labute approximate surface area is 269 Å². The molecule has 1 unspecified atom stereocenters. The third kappa shape index (κ3) is 12.4. The monoisotopic (exact) mass is 645 g/mol. The number of rotatable bonds is 18. The summed E-state index contributed by atoms with van der Waals surface area (Å²) in [6.45, 7) is 5.48. The van der Waals surface area contributed by atoms with Crippen molar-refractivity contribution >= 4 is 42.4 Å². The molecule has 46 heavy (non-hydrogen) atoms. The van der Waals surface area contributed by atoms with Crippen LogP contribution in [0.5, 0.6) is 0 Å². The number of nitrogens with zero attached hydrogens (tertiary/aromatic N) is 1. The van der Waals surface area contributed by atoms with Crippen molar-refractivity contribution in [3.63, 3.8) is 0 Å². The van der Waals surface area contributed by atoms with Gasteiger partial charge in [-0.2, -0.15) is 0 Å². The van der Waals surface area contributed by atoms with Gasteiger partial charge in [0.2, 0.25) is 35.4 Å². The first-order valence-corrected chi connectivity index (χ1v) is 15.5. The Balaban J connectivity index is 2.28. The molecule has 2 rings (SSSR count). The van der Waals surface area contributed by atoms with Gasteiger partial charge in [0.15, 0.2) is 0 Å². The molecule has 254 valence electrons. The molecule has 0 spiro atoms. The van der Waals surface area contributed by atoms with E-state index in [1.165, 1.54) is 13.8 Å². The molecule has 0 aromatic heterocycles. The van der Waals surface area contributed by atoms with E-state index in [2.05, 4.69) is 21.3 Å². The third-order valence-electron chi connectivity index (χ3n) is 7.71. The van der Waals surface area contributed by atoms with Crippen LogP contribution in [-0.2, 0) is 35.2 Å². The number of carbonyl (C=O) groups excluding carboxylic acids is 6. The summed E-state index contributed by atoms with van der Waals surface area (Å²) >= 11 is 0. The quantitative estimate of drug-likeness (QED) is 0.0786. The number of aliphatic hydroxyl groups is 1. The van der Waals surface area contributed by atoms with Crippen molar-refractivity contribution in [1.82, 2.24) is 26.2 Å². The normalized spacial score (nSPS) is 18.0. The molecule has 1 heterocycles. The lowest BCUT2D eigenvalue weighted by Gasteiger charge is -2.30. The zero-order valence-corrected chi connectivity index (χ0v) is 26.9. The van der Waals surface area contributed by atoms with Gasteiger partial charge in [0.25, 0.3) is 0 Å². The molecule has 1 aromatic rings. The topological polar surface area (TPSA) is 246 Å². The molecule has 10 N–H and O–H groups in total. The zero-order valence-electron chi connectivity index (χ0n) is 26.9. The Bertz CT molecular complexity index is 1220. The van der Waals surface area contributed by atoms with E-state index in [1.807, 2.05) is 18.2 Å². The average Bonchev–Trinajstić information content (AvgIpc) is 3.43. The molecule has 15 nitrogen and oxygen atoms in total. The maximum Gasteiger partial charge on any atom is 0.327 e. The van der Waals surface area contributed by atoms with E-state index in [4.69, 9.17) is 11.5 Å². The maximum absolute atomic E-state index is 13.6. The molecule has 0 radical (unpaired) electrons. The van der Waals surface area contributed by atoms with Crippen molar-refractivity contribution in [2.75, 3.05) is 13.0 Å². The van der Waals surface area contributed by atoms with E-state index in [0.717, 1.165) is 12.0 Å². The zero-order chi connectivity index (χ0) is 34.6. The number of amides is 6. The smallest absolute Gasteiger partial charge is 0.327 e. The average molecular weight is 646 g/mol. The fourth-order valence-corrected chi connectivity index (χ4v) is 5.44. The van der Waals surface area contributed by atoms with Crippen LogP contribution in [0.15, 0.2) is 30.3 Å². The van der Waals surface area contributed by atoms with Gasteiger partial charge >= 0.3 is 6.92 Å². The predicted octanol–water partition coefficient (Wildman–Crippen LogP) is -2.50. The lowest BCUT2D eigenvalue weighted by molar-refractivity contribution is -0.135. The molecule has 6 amide bonds. The lowest BCUT2D eigenvalue weighted by Crippen LogP contribution is -2.61. The number of carbonyl (C=O) groups is 6. The van der Waals surface area contributed by atoms with Gasteiger partial charge in [-0.3, -0.25) is 33.7 Å². The van der Waals surface area contributed by atoms with Crippen molar-refractivity contribution in [3.8, 4) is 0 Å². The summed E-state index contributed by atoms with van der Waals surface area (Å²) in [6.07, 6.45) is -0.212. The third-order valence-corrected chi connectivity index (χ3v) is 7.71. The first-order chi connectivity index (χ1) is 21.6. The van der Waals surface area contributed by atoms with E-state index in [9.17, 15) is 38.9 Å². The molecule has 6 atom stereocenters. The fourth-order valence-electron chi connectivity index (χ4n) is 5.44. The lowest BCUT2D eigenvalue weighted by atomic mass is 9.58. The van der Waals surface area contributed by atoms with Gasteiger partial charge in [0.1, 0.15) is 18.1 Å². The van der Waals surface area contributed by atoms with Gasteiger partial charge < -0.3 is 42.9 Å². The Morgan fingerprint density at radius 1 is 0.935 bits per heavy atom. The highest BCUT2D eigenvalue weighted by Crippen LogP contribution is 2.18. The number of benzene rings is 1. The fraction of sp³-hybridized carbons (Fsp3) is 0.600. The van der Waals surface area contributed by atoms with Crippen molar-refractivity contribution < 1.29 is 38.9 Å². The van der Waals surface area contributed by atoms with Crippen LogP contribution in [0.25, 0.3) is 0 Å². The molecule has 0 saturated carbocycles. The van der Waals surface area contributed by atoms with Crippen LogP contribution in [0.3, 0.4) is 0 Å². The molecule has 1 aromatic carbocycles. The second kappa shape index (κ2) is 18.2. The van der Waals surface area contributed by atoms with E-state index in [1.54, 1.807) is 30.9 Å². The largest absolute Gasteiger partial charge is 0.448 e. The van der Waals surface area contributed by atoms with Crippen LogP contribution in [0.4, 0.5) is 0 Å². The number of primary amides is 2. The summed E-state index contributed by atoms with van der Waals surface area (Å²) in [5, 5.41) is 31.4. The standard InChI is InChI=1S/C30H48BN7O8/c1-17(2)13-21(36-30(45)26(18(3)39)34-19(4)40)28(43)35-22(15-25(32)41)29(44)37-24(14-20-9-6-5-7-10-20)31(46)16-38-12-8-11-23(38)27(33)42/h5-7,9-10,17-18,21-24,26,39,46H,8,11-16H2,1-4H3,(H2,32,41)(H2,33,42)(H,34,40)(H,35,43)(H,36,45)(H,37,44)/t18?,21-,22-,23-,24-,26-/m0/s1. The van der Waals surface area contributed by atoms with Gasteiger partial charge in [-0.15, -0.1) is 0 Å². The highest BCUT2D eigenvalue weighted by Gasteiger charge is 2.37. The molecule has 1 aliphatic rings. The van der Waals surface area contributed by atoms with Crippen LogP contribution in [0, 0.1) is 5.92 Å². The first-order valence-electron chi connectivity index (χ1n) is 15.5. The van der Waals surface area contributed by atoms with E-state index in [-0.39, 0.29) is 25.2 Å². The Morgan fingerprint density at radius 2 is 1.54 bits per heavy atom. The van der Waals surface area contributed by atoms with Gasteiger partial charge in [0, 0.05) is 19.3 Å². The minimum absolute atomic E-state index is 0.0411. The summed E-state index contributed by atoms with van der Waals surface area (Å²) in [7, 11) is 0. The highest BCUT2D eigenvalue weighted by atomic mass is 16.3.